The Bertz CT molecular complexity index is 2830. The minimum Gasteiger partial charge on any atom is -0.456 e. The summed E-state index contributed by atoms with van der Waals surface area (Å²) in [4.78, 5) is 2.33. The van der Waals surface area contributed by atoms with E-state index < -0.39 is 5.41 Å². The van der Waals surface area contributed by atoms with Crippen molar-refractivity contribution in [3.8, 4) is 11.1 Å². The molecule has 2 heterocycles. The van der Waals surface area contributed by atoms with Crippen molar-refractivity contribution in [2.24, 2.45) is 0 Å². The molecular weight excluding hydrogens is 635 g/mol. The van der Waals surface area contributed by atoms with Crippen LogP contribution in [-0.2, 0) is 5.41 Å². The van der Waals surface area contributed by atoms with E-state index in [1.54, 1.807) is 0 Å². The van der Waals surface area contributed by atoms with Gasteiger partial charge in [0.1, 0.15) is 22.3 Å². The van der Waals surface area contributed by atoms with E-state index in [1.807, 2.05) is 24.3 Å². The van der Waals surface area contributed by atoms with E-state index in [2.05, 4.69) is 169 Å². The van der Waals surface area contributed by atoms with Crippen LogP contribution >= 0.6 is 0 Å². The van der Waals surface area contributed by atoms with Gasteiger partial charge in [-0.25, -0.2) is 0 Å². The van der Waals surface area contributed by atoms with Gasteiger partial charge in [-0.15, -0.1) is 0 Å². The summed E-state index contributed by atoms with van der Waals surface area (Å²) < 4.78 is 12.9. The predicted octanol–water partition coefficient (Wildman–Crippen LogP) is 13.3. The van der Waals surface area contributed by atoms with Crippen molar-refractivity contribution in [1.29, 1.82) is 0 Å². The molecule has 0 atom stereocenters. The molecule has 0 fully saturated rings. The van der Waals surface area contributed by atoms with E-state index >= 15 is 0 Å². The van der Waals surface area contributed by atoms with Gasteiger partial charge in [0.15, 0.2) is 0 Å². The molecule has 11 rings (SSSR count). The molecule has 0 aliphatic heterocycles. The summed E-state index contributed by atoms with van der Waals surface area (Å²) in [7, 11) is 0. The molecule has 52 heavy (non-hydrogen) atoms. The summed E-state index contributed by atoms with van der Waals surface area (Å²) in [6, 6.07) is 67.4. The number of rotatable bonds is 5. The molecule has 0 saturated carbocycles. The van der Waals surface area contributed by atoms with Gasteiger partial charge < -0.3 is 13.7 Å². The van der Waals surface area contributed by atoms with Crippen molar-refractivity contribution in [1.82, 2.24) is 0 Å². The van der Waals surface area contributed by atoms with Crippen LogP contribution in [-0.4, -0.2) is 0 Å². The third kappa shape index (κ3) is 4.08. The number of furan rings is 2. The third-order valence-electron chi connectivity index (χ3n) is 10.9. The average Bonchev–Trinajstić information content (AvgIpc) is 3.86. The molecule has 10 aromatic rings. The maximum atomic E-state index is 6.44. The van der Waals surface area contributed by atoms with Crippen LogP contribution in [0.5, 0.6) is 0 Å². The lowest BCUT2D eigenvalue weighted by atomic mass is 9.67. The van der Waals surface area contributed by atoms with Crippen LogP contribution in [0.2, 0.25) is 0 Å². The van der Waals surface area contributed by atoms with Crippen LogP contribution in [0.1, 0.15) is 22.3 Å². The summed E-state index contributed by atoms with van der Waals surface area (Å²) in [5, 5.41) is 4.43. The second kappa shape index (κ2) is 11.1. The molecular formula is C49H31NO2. The quantitative estimate of drug-likeness (QED) is 0.183. The zero-order valence-electron chi connectivity index (χ0n) is 28.2. The Hall–Kier alpha value is -6.84. The Morgan fingerprint density at radius 1 is 0.327 bits per heavy atom. The van der Waals surface area contributed by atoms with E-state index in [0.29, 0.717) is 0 Å². The lowest BCUT2D eigenvalue weighted by Gasteiger charge is -2.35. The van der Waals surface area contributed by atoms with Crippen LogP contribution in [0, 0.1) is 0 Å². The van der Waals surface area contributed by atoms with Crippen LogP contribution in [0.3, 0.4) is 0 Å². The van der Waals surface area contributed by atoms with Gasteiger partial charge in [0.25, 0.3) is 0 Å². The molecule has 1 aliphatic carbocycles. The molecule has 8 aromatic carbocycles. The third-order valence-corrected chi connectivity index (χ3v) is 10.9. The Morgan fingerprint density at radius 3 is 1.38 bits per heavy atom. The van der Waals surface area contributed by atoms with Gasteiger partial charge in [0.2, 0.25) is 0 Å². The first kappa shape index (κ1) is 28.9. The van der Waals surface area contributed by atoms with E-state index in [9.17, 15) is 0 Å². The molecule has 0 spiro atoms. The number of benzene rings is 8. The minimum atomic E-state index is -0.512. The molecule has 3 nitrogen and oxygen atoms in total. The highest BCUT2D eigenvalue weighted by atomic mass is 16.3. The van der Waals surface area contributed by atoms with E-state index in [0.717, 1.165) is 60.9 Å². The lowest BCUT2D eigenvalue weighted by Crippen LogP contribution is -2.28. The fourth-order valence-corrected chi connectivity index (χ4v) is 8.74. The number of nitrogens with zero attached hydrogens (tertiary/aromatic N) is 1. The maximum Gasteiger partial charge on any atom is 0.137 e. The summed E-state index contributed by atoms with van der Waals surface area (Å²) in [6.07, 6.45) is 0. The van der Waals surface area contributed by atoms with E-state index in [-0.39, 0.29) is 0 Å². The summed E-state index contributed by atoms with van der Waals surface area (Å²) in [6.45, 7) is 0. The number of hydrogen-bond donors (Lipinski definition) is 0. The largest absolute Gasteiger partial charge is 0.456 e. The van der Waals surface area contributed by atoms with Gasteiger partial charge >= 0.3 is 0 Å². The van der Waals surface area contributed by atoms with Crippen molar-refractivity contribution >= 4 is 60.9 Å². The van der Waals surface area contributed by atoms with Gasteiger partial charge in [-0.1, -0.05) is 127 Å². The predicted molar refractivity (Wildman–Crippen MR) is 213 cm³/mol. The van der Waals surface area contributed by atoms with Crippen molar-refractivity contribution < 1.29 is 8.83 Å². The second-order valence-electron chi connectivity index (χ2n) is 13.7. The van der Waals surface area contributed by atoms with Crippen molar-refractivity contribution in [3.05, 3.63) is 210 Å². The standard InChI is InChI=1S/C49H31NO2/c1-2-13-32(14-3-1)49(43-21-8-4-17-37(43)38-18-5-9-22-44(38)49)33-15-12-16-34(29-33)50(35-25-27-41-39-19-6-10-23-45(39)51-47(41)30-35)36-26-28-42-40-20-7-11-24-46(40)52-48(42)31-36/h1-31H. The van der Waals surface area contributed by atoms with Crippen LogP contribution < -0.4 is 4.90 Å². The molecule has 0 saturated heterocycles. The smallest absolute Gasteiger partial charge is 0.137 e. The zero-order chi connectivity index (χ0) is 34.2. The fraction of sp³-hybridized carbons (Fsp3) is 0.0204. The van der Waals surface area contributed by atoms with Gasteiger partial charge in [0.05, 0.1) is 5.41 Å². The number of anilines is 3. The minimum absolute atomic E-state index is 0.512. The SMILES string of the molecule is c1ccc(C2(c3cccc(N(c4ccc5c(c4)oc4ccccc45)c4ccc5c(c4)oc4ccccc45)c3)c3ccccc3-c3ccccc32)cc1. The Morgan fingerprint density at radius 2 is 0.788 bits per heavy atom. The second-order valence-corrected chi connectivity index (χ2v) is 13.7. The molecule has 0 bridgehead atoms. The van der Waals surface area contributed by atoms with Gasteiger partial charge in [0, 0.05) is 50.7 Å². The summed E-state index contributed by atoms with van der Waals surface area (Å²) in [5.41, 5.74) is 13.6. The van der Waals surface area contributed by atoms with Gasteiger partial charge in [-0.05, 0) is 81.9 Å². The molecule has 0 radical (unpaired) electrons. The molecule has 0 unspecified atom stereocenters. The maximum absolute atomic E-state index is 6.44. The molecule has 0 amide bonds. The Balaban J connectivity index is 1.17. The Kier molecular flexibility index (Phi) is 6.17. The normalized spacial score (nSPS) is 13.2. The summed E-state index contributed by atoms with van der Waals surface area (Å²) >= 11 is 0. The van der Waals surface area contributed by atoms with E-state index in [1.165, 1.54) is 33.4 Å². The Labute approximate surface area is 300 Å². The van der Waals surface area contributed by atoms with Crippen LogP contribution in [0.25, 0.3) is 55.0 Å². The van der Waals surface area contributed by atoms with Crippen molar-refractivity contribution in [2.45, 2.75) is 5.41 Å². The van der Waals surface area contributed by atoms with Gasteiger partial charge in [-0.2, -0.15) is 0 Å². The first-order valence-corrected chi connectivity index (χ1v) is 17.8. The van der Waals surface area contributed by atoms with Crippen LogP contribution in [0.15, 0.2) is 197 Å². The highest BCUT2D eigenvalue weighted by molar-refractivity contribution is 6.08. The highest BCUT2D eigenvalue weighted by Crippen LogP contribution is 2.56. The monoisotopic (exact) mass is 665 g/mol. The molecule has 3 heteroatoms. The summed E-state index contributed by atoms with van der Waals surface area (Å²) in [5.74, 6) is 0. The average molecular weight is 666 g/mol. The fourth-order valence-electron chi connectivity index (χ4n) is 8.74. The molecule has 244 valence electrons. The molecule has 2 aromatic heterocycles. The van der Waals surface area contributed by atoms with Crippen molar-refractivity contribution in [3.63, 3.8) is 0 Å². The molecule has 0 N–H and O–H groups in total. The lowest BCUT2D eigenvalue weighted by molar-refractivity contribution is 0.669. The van der Waals surface area contributed by atoms with Gasteiger partial charge in [-0.3, -0.25) is 0 Å². The first-order chi connectivity index (χ1) is 25.8. The topological polar surface area (TPSA) is 29.5 Å². The zero-order valence-corrected chi connectivity index (χ0v) is 28.2. The van der Waals surface area contributed by atoms with E-state index in [4.69, 9.17) is 8.83 Å². The number of hydrogen-bond acceptors (Lipinski definition) is 3. The first-order valence-electron chi connectivity index (χ1n) is 17.8. The molecule has 1 aliphatic rings. The number of para-hydroxylation sites is 2. The van der Waals surface area contributed by atoms with Crippen molar-refractivity contribution in [2.75, 3.05) is 4.90 Å². The highest BCUT2D eigenvalue weighted by Gasteiger charge is 2.46. The number of fused-ring (bicyclic) bond motifs is 9. The van der Waals surface area contributed by atoms with Crippen LogP contribution in [0.4, 0.5) is 17.1 Å².